The standard InChI is InChI=1S/C26H26F3N3O/c27-26(28,29)22-10-8-21(9-11-22)25-14-23(25)17-31(18-25)12-4-5-13-32-16-20(15-30-24(32)33)19-6-2-1-3-7-19/h1-3,6-11,15-16,23H,4-5,12-14,17-18H2/t23-,25+/m0/s1. The van der Waals surface area contributed by atoms with Gasteiger partial charge in [0, 0.05) is 43.0 Å². The van der Waals surface area contributed by atoms with E-state index in [0.717, 1.165) is 55.6 Å². The zero-order valence-corrected chi connectivity index (χ0v) is 18.3. The Morgan fingerprint density at radius 2 is 1.70 bits per heavy atom. The van der Waals surface area contributed by atoms with E-state index in [9.17, 15) is 18.0 Å². The molecule has 1 saturated carbocycles. The van der Waals surface area contributed by atoms with E-state index in [1.807, 2.05) is 36.5 Å². The SMILES string of the molecule is O=c1ncc(-c2ccccc2)cn1CCCCN1C[C@@H]2C[C@]2(c2ccc(C(F)(F)F)cc2)C1. The minimum atomic E-state index is -4.29. The van der Waals surface area contributed by atoms with Gasteiger partial charge in [-0.2, -0.15) is 13.2 Å². The Morgan fingerprint density at radius 3 is 2.42 bits per heavy atom. The maximum absolute atomic E-state index is 12.9. The van der Waals surface area contributed by atoms with Crippen LogP contribution in [-0.4, -0.2) is 34.1 Å². The lowest BCUT2D eigenvalue weighted by atomic mass is 9.94. The summed E-state index contributed by atoms with van der Waals surface area (Å²) in [5, 5.41) is 0. The Morgan fingerprint density at radius 1 is 0.970 bits per heavy atom. The summed E-state index contributed by atoms with van der Waals surface area (Å²) >= 11 is 0. The molecule has 7 heteroatoms. The van der Waals surface area contributed by atoms with Gasteiger partial charge >= 0.3 is 11.9 Å². The third kappa shape index (κ3) is 4.47. The van der Waals surface area contributed by atoms with E-state index < -0.39 is 11.7 Å². The summed E-state index contributed by atoms with van der Waals surface area (Å²) in [6.45, 7) is 3.44. The van der Waals surface area contributed by atoms with Crippen molar-refractivity contribution in [2.45, 2.75) is 37.4 Å². The monoisotopic (exact) mass is 453 g/mol. The zero-order chi connectivity index (χ0) is 23.1. The maximum Gasteiger partial charge on any atom is 0.416 e. The van der Waals surface area contributed by atoms with Crippen LogP contribution in [0, 0.1) is 5.92 Å². The molecule has 0 radical (unpaired) electrons. The molecule has 0 unspecified atom stereocenters. The highest BCUT2D eigenvalue weighted by atomic mass is 19.4. The van der Waals surface area contributed by atoms with Crippen LogP contribution in [0.1, 0.15) is 30.4 Å². The van der Waals surface area contributed by atoms with Crippen molar-refractivity contribution < 1.29 is 13.2 Å². The van der Waals surface area contributed by atoms with Crippen molar-refractivity contribution in [2.75, 3.05) is 19.6 Å². The molecule has 2 heterocycles. The van der Waals surface area contributed by atoms with Crippen molar-refractivity contribution >= 4 is 0 Å². The van der Waals surface area contributed by atoms with Crippen LogP contribution in [0.3, 0.4) is 0 Å². The molecule has 1 aliphatic carbocycles. The second kappa shape index (κ2) is 8.45. The number of hydrogen-bond acceptors (Lipinski definition) is 3. The van der Waals surface area contributed by atoms with Crippen molar-refractivity contribution in [3.8, 4) is 11.1 Å². The van der Waals surface area contributed by atoms with Gasteiger partial charge in [0.2, 0.25) is 0 Å². The largest absolute Gasteiger partial charge is 0.416 e. The maximum atomic E-state index is 12.9. The molecular weight excluding hydrogens is 427 g/mol. The number of hydrogen-bond donors (Lipinski definition) is 0. The van der Waals surface area contributed by atoms with Gasteiger partial charge in [-0.3, -0.25) is 4.57 Å². The summed E-state index contributed by atoms with van der Waals surface area (Å²) < 4.78 is 40.3. The van der Waals surface area contributed by atoms with Gasteiger partial charge in [-0.05, 0) is 55.0 Å². The van der Waals surface area contributed by atoms with Gasteiger partial charge in [-0.25, -0.2) is 9.78 Å². The molecule has 2 aliphatic rings. The van der Waals surface area contributed by atoms with Gasteiger partial charge in [0.25, 0.3) is 0 Å². The lowest BCUT2D eigenvalue weighted by molar-refractivity contribution is -0.137. The second-order valence-corrected chi connectivity index (χ2v) is 9.26. The number of halogens is 3. The van der Waals surface area contributed by atoms with Crippen molar-refractivity contribution in [1.29, 1.82) is 0 Å². The lowest BCUT2D eigenvalue weighted by Crippen LogP contribution is -2.28. The van der Waals surface area contributed by atoms with E-state index >= 15 is 0 Å². The molecule has 2 atom stereocenters. The van der Waals surface area contributed by atoms with Crippen LogP contribution in [0.2, 0.25) is 0 Å². The molecule has 3 aromatic rings. The minimum Gasteiger partial charge on any atom is -0.302 e. The molecule has 1 saturated heterocycles. The lowest BCUT2D eigenvalue weighted by Gasteiger charge is -2.21. The Labute approximate surface area is 190 Å². The summed E-state index contributed by atoms with van der Waals surface area (Å²) in [5.74, 6) is 0.531. The van der Waals surface area contributed by atoms with E-state index in [2.05, 4.69) is 9.88 Å². The van der Waals surface area contributed by atoms with Crippen LogP contribution in [0.4, 0.5) is 13.2 Å². The Balaban J connectivity index is 1.14. The molecule has 0 N–H and O–H groups in total. The summed E-state index contributed by atoms with van der Waals surface area (Å²) in [4.78, 5) is 18.6. The molecule has 5 rings (SSSR count). The molecule has 0 amide bonds. The third-order valence-corrected chi connectivity index (χ3v) is 7.09. The van der Waals surface area contributed by atoms with Gasteiger partial charge in [0.1, 0.15) is 0 Å². The predicted molar refractivity (Wildman–Crippen MR) is 121 cm³/mol. The van der Waals surface area contributed by atoms with Gasteiger partial charge in [0.05, 0.1) is 5.56 Å². The van der Waals surface area contributed by atoms with E-state index in [4.69, 9.17) is 0 Å². The van der Waals surface area contributed by atoms with E-state index in [0.29, 0.717) is 12.5 Å². The molecular formula is C26H26F3N3O. The van der Waals surface area contributed by atoms with Gasteiger partial charge in [-0.15, -0.1) is 0 Å². The first kappa shape index (κ1) is 21.9. The number of rotatable bonds is 7. The number of unbranched alkanes of at least 4 members (excludes halogenated alkanes) is 1. The van der Waals surface area contributed by atoms with Gasteiger partial charge in [-0.1, -0.05) is 42.5 Å². The first-order chi connectivity index (χ1) is 15.8. The fraction of sp³-hybridized carbons (Fsp3) is 0.385. The van der Waals surface area contributed by atoms with Crippen LogP contribution in [0.25, 0.3) is 11.1 Å². The number of alkyl halides is 3. The second-order valence-electron chi connectivity index (χ2n) is 9.26. The first-order valence-corrected chi connectivity index (χ1v) is 11.4. The molecule has 4 nitrogen and oxygen atoms in total. The molecule has 1 aromatic heterocycles. The number of likely N-dealkylation sites (tertiary alicyclic amines) is 1. The Hall–Kier alpha value is -2.93. The van der Waals surface area contributed by atoms with Crippen molar-refractivity contribution in [3.63, 3.8) is 0 Å². The third-order valence-electron chi connectivity index (χ3n) is 7.09. The summed E-state index contributed by atoms with van der Waals surface area (Å²) in [7, 11) is 0. The van der Waals surface area contributed by atoms with Crippen molar-refractivity contribution in [1.82, 2.24) is 14.5 Å². The average Bonchev–Trinajstić information content (AvgIpc) is 3.39. The van der Waals surface area contributed by atoms with Crippen LogP contribution >= 0.6 is 0 Å². The van der Waals surface area contributed by atoms with E-state index in [-0.39, 0.29) is 11.1 Å². The Bertz CT molecular complexity index is 1170. The highest BCUT2D eigenvalue weighted by Gasteiger charge is 2.60. The molecule has 2 fully saturated rings. The number of piperidine rings is 1. The molecule has 0 bridgehead atoms. The predicted octanol–water partition coefficient (Wildman–Crippen LogP) is 4.98. The number of benzene rings is 2. The van der Waals surface area contributed by atoms with Crippen LogP contribution in [0.15, 0.2) is 71.8 Å². The van der Waals surface area contributed by atoms with Crippen LogP contribution in [-0.2, 0) is 18.1 Å². The molecule has 0 spiro atoms. The zero-order valence-electron chi connectivity index (χ0n) is 18.3. The normalized spacial score (nSPS) is 22.3. The fourth-order valence-corrected chi connectivity index (χ4v) is 5.21. The quantitative estimate of drug-likeness (QED) is 0.474. The molecule has 172 valence electrons. The number of aryl methyl sites for hydroxylation is 1. The molecule has 1 aliphatic heterocycles. The average molecular weight is 454 g/mol. The number of fused-ring (bicyclic) bond motifs is 1. The van der Waals surface area contributed by atoms with Crippen LogP contribution in [0.5, 0.6) is 0 Å². The van der Waals surface area contributed by atoms with Gasteiger partial charge in [0.15, 0.2) is 0 Å². The minimum absolute atomic E-state index is 0.0228. The van der Waals surface area contributed by atoms with Crippen molar-refractivity contribution in [2.24, 2.45) is 5.92 Å². The molecule has 2 aromatic carbocycles. The topological polar surface area (TPSA) is 38.1 Å². The Kier molecular flexibility index (Phi) is 5.60. The fourth-order valence-electron chi connectivity index (χ4n) is 5.21. The molecule has 33 heavy (non-hydrogen) atoms. The van der Waals surface area contributed by atoms with E-state index in [1.54, 1.807) is 22.9 Å². The van der Waals surface area contributed by atoms with E-state index in [1.165, 1.54) is 12.1 Å². The smallest absolute Gasteiger partial charge is 0.302 e. The van der Waals surface area contributed by atoms with Crippen molar-refractivity contribution in [3.05, 3.63) is 88.6 Å². The number of nitrogens with zero attached hydrogens (tertiary/aromatic N) is 3. The van der Waals surface area contributed by atoms with Gasteiger partial charge < -0.3 is 4.90 Å². The summed E-state index contributed by atoms with van der Waals surface area (Å²) in [6, 6.07) is 15.6. The van der Waals surface area contributed by atoms with Crippen LogP contribution < -0.4 is 5.69 Å². The highest BCUT2D eigenvalue weighted by molar-refractivity contribution is 5.60. The first-order valence-electron chi connectivity index (χ1n) is 11.4. The summed E-state index contributed by atoms with van der Waals surface area (Å²) in [6.07, 6.45) is 2.08. The summed E-state index contributed by atoms with van der Waals surface area (Å²) in [5.41, 5.74) is 2.18. The highest BCUT2D eigenvalue weighted by Crippen LogP contribution is 2.59. The number of aromatic nitrogens is 2.